The number of amides is 1. The van der Waals surface area contributed by atoms with Crippen molar-refractivity contribution < 1.29 is 9.53 Å². The third-order valence-corrected chi connectivity index (χ3v) is 4.37. The minimum Gasteiger partial charge on any atom is -0.479 e. The molecule has 2 rings (SSSR count). The van der Waals surface area contributed by atoms with Gasteiger partial charge in [0, 0.05) is 11.6 Å². The van der Waals surface area contributed by atoms with Crippen molar-refractivity contribution in [2.75, 3.05) is 20.6 Å². The topological polar surface area (TPSA) is 41.6 Å². The van der Waals surface area contributed by atoms with E-state index in [2.05, 4.69) is 10.2 Å². The van der Waals surface area contributed by atoms with Gasteiger partial charge in [-0.05, 0) is 44.8 Å². The van der Waals surface area contributed by atoms with Crippen LogP contribution in [-0.2, 0) is 4.79 Å². The Morgan fingerprint density at radius 3 is 2.44 bits per heavy atom. The number of nitrogens with one attached hydrogen (secondary N) is 1. The van der Waals surface area contributed by atoms with Gasteiger partial charge in [-0.25, -0.2) is 0 Å². The van der Waals surface area contributed by atoms with Gasteiger partial charge in [-0.2, -0.15) is 0 Å². The summed E-state index contributed by atoms with van der Waals surface area (Å²) in [4.78, 5) is 14.4. The highest BCUT2D eigenvalue weighted by atomic mass is 35.5. The van der Waals surface area contributed by atoms with E-state index in [0.717, 1.165) is 5.56 Å². The molecule has 0 heterocycles. The zero-order chi connectivity index (χ0) is 18.4. The molecule has 2 aromatic carbocycles. The Morgan fingerprint density at radius 1 is 1.16 bits per heavy atom. The van der Waals surface area contributed by atoms with Crippen molar-refractivity contribution in [3.05, 3.63) is 64.1 Å². The summed E-state index contributed by atoms with van der Waals surface area (Å²) in [5.74, 6) is 0.231. The standard InChI is InChI=1S/C19H22Cl2N2O2/c1-13(25-18-10-9-15(20)11-16(18)21)19(24)22-12-17(23(2)3)14-7-5-4-6-8-14/h4-11,13,17H,12H2,1-3H3,(H,22,24). The Hall–Kier alpha value is -1.75. The molecule has 0 aliphatic heterocycles. The van der Waals surface area contributed by atoms with Crippen LogP contribution in [0.4, 0.5) is 0 Å². The van der Waals surface area contributed by atoms with Crippen molar-refractivity contribution in [1.29, 1.82) is 0 Å². The molecule has 2 unspecified atom stereocenters. The van der Waals surface area contributed by atoms with Crippen LogP contribution in [0.1, 0.15) is 18.5 Å². The third kappa shape index (κ3) is 5.63. The van der Waals surface area contributed by atoms with Crippen LogP contribution in [-0.4, -0.2) is 37.6 Å². The number of nitrogens with zero attached hydrogens (tertiary/aromatic N) is 1. The van der Waals surface area contributed by atoms with Gasteiger partial charge in [0.1, 0.15) is 5.75 Å². The van der Waals surface area contributed by atoms with E-state index in [9.17, 15) is 4.79 Å². The molecule has 4 nitrogen and oxygen atoms in total. The lowest BCUT2D eigenvalue weighted by Gasteiger charge is -2.26. The van der Waals surface area contributed by atoms with Crippen LogP contribution in [0.3, 0.4) is 0 Å². The van der Waals surface area contributed by atoms with Crippen LogP contribution < -0.4 is 10.1 Å². The van der Waals surface area contributed by atoms with Crippen molar-refractivity contribution in [3.63, 3.8) is 0 Å². The van der Waals surface area contributed by atoms with Gasteiger partial charge in [0.15, 0.2) is 6.10 Å². The van der Waals surface area contributed by atoms with Gasteiger partial charge < -0.3 is 15.0 Å². The molecule has 0 spiro atoms. The Labute approximate surface area is 158 Å². The molecule has 0 radical (unpaired) electrons. The van der Waals surface area contributed by atoms with Crippen LogP contribution in [0.2, 0.25) is 10.0 Å². The number of likely N-dealkylation sites (N-methyl/N-ethyl adjacent to an activating group) is 1. The second-order valence-corrected chi connectivity index (χ2v) is 6.81. The molecule has 0 saturated carbocycles. The predicted octanol–water partition coefficient (Wildman–Crippen LogP) is 4.18. The van der Waals surface area contributed by atoms with E-state index in [0.29, 0.717) is 22.3 Å². The van der Waals surface area contributed by atoms with Crippen LogP contribution in [0, 0.1) is 0 Å². The zero-order valence-corrected chi connectivity index (χ0v) is 16.0. The first-order chi connectivity index (χ1) is 11.9. The van der Waals surface area contributed by atoms with Crippen LogP contribution in [0.25, 0.3) is 0 Å². The number of benzene rings is 2. The normalized spacial score (nSPS) is 13.4. The SMILES string of the molecule is CC(Oc1ccc(Cl)cc1Cl)C(=O)NCC(c1ccccc1)N(C)C. The summed E-state index contributed by atoms with van der Waals surface area (Å²) in [6.45, 7) is 2.17. The molecule has 0 fully saturated rings. The summed E-state index contributed by atoms with van der Waals surface area (Å²) in [6.07, 6.45) is -0.669. The number of rotatable bonds is 7. The quantitative estimate of drug-likeness (QED) is 0.783. The van der Waals surface area contributed by atoms with E-state index >= 15 is 0 Å². The Bertz CT molecular complexity index is 708. The first-order valence-electron chi connectivity index (χ1n) is 7.99. The fourth-order valence-corrected chi connectivity index (χ4v) is 2.88. The number of hydrogen-bond acceptors (Lipinski definition) is 3. The fraction of sp³-hybridized carbons (Fsp3) is 0.316. The summed E-state index contributed by atoms with van der Waals surface area (Å²) in [7, 11) is 3.97. The molecule has 0 bridgehead atoms. The summed E-state index contributed by atoms with van der Waals surface area (Å²) >= 11 is 11.9. The molecule has 0 aromatic heterocycles. The van der Waals surface area contributed by atoms with Crippen molar-refractivity contribution in [3.8, 4) is 5.75 Å². The molecular weight excluding hydrogens is 359 g/mol. The lowest BCUT2D eigenvalue weighted by molar-refractivity contribution is -0.127. The molecule has 134 valence electrons. The van der Waals surface area contributed by atoms with E-state index in [1.807, 2.05) is 44.4 Å². The van der Waals surface area contributed by atoms with Crippen molar-refractivity contribution in [1.82, 2.24) is 10.2 Å². The Kier molecular flexibility index (Phi) is 7.12. The minimum atomic E-state index is -0.669. The average Bonchev–Trinajstić information content (AvgIpc) is 2.58. The van der Waals surface area contributed by atoms with Gasteiger partial charge in [0.2, 0.25) is 0 Å². The molecule has 0 saturated heterocycles. The van der Waals surface area contributed by atoms with E-state index < -0.39 is 6.10 Å². The van der Waals surface area contributed by atoms with Crippen molar-refractivity contribution >= 4 is 29.1 Å². The molecule has 6 heteroatoms. The number of halogens is 2. The fourth-order valence-electron chi connectivity index (χ4n) is 2.43. The van der Waals surface area contributed by atoms with E-state index in [1.165, 1.54) is 0 Å². The minimum absolute atomic E-state index is 0.0801. The molecule has 1 N–H and O–H groups in total. The number of carbonyl (C=O) groups is 1. The largest absolute Gasteiger partial charge is 0.479 e. The molecule has 0 aliphatic rings. The lowest BCUT2D eigenvalue weighted by atomic mass is 10.1. The summed E-state index contributed by atoms with van der Waals surface area (Å²) in [5, 5.41) is 3.84. The molecule has 2 aromatic rings. The highest BCUT2D eigenvalue weighted by Crippen LogP contribution is 2.28. The second-order valence-electron chi connectivity index (χ2n) is 5.97. The van der Waals surface area contributed by atoms with Crippen molar-refractivity contribution in [2.45, 2.75) is 19.1 Å². The maximum Gasteiger partial charge on any atom is 0.260 e. The molecular formula is C19H22Cl2N2O2. The number of carbonyl (C=O) groups excluding carboxylic acids is 1. The van der Waals surface area contributed by atoms with Gasteiger partial charge in [0.05, 0.1) is 11.1 Å². The van der Waals surface area contributed by atoms with Gasteiger partial charge >= 0.3 is 0 Å². The van der Waals surface area contributed by atoms with Gasteiger partial charge in [-0.1, -0.05) is 53.5 Å². The maximum atomic E-state index is 12.4. The summed E-state index contributed by atoms with van der Waals surface area (Å²) in [6, 6.07) is 15.0. The van der Waals surface area contributed by atoms with E-state index in [4.69, 9.17) is 27.9 Å². The summed E-state index contributed by atoms with van der Waals surface area (Å²) in [5.41, 5.74) is 1.14. The van der Waals surface area contributed by atoms with Crippen LogP contribution >= 0.6 is 23.2 Å². The molecule has 2 atom stereocenters. The smallest absolute Gasteiger partial charge is 0.260 e. The lowest BCUT2D eigenvalue weighted by Crippen LogP contribution is -2.41. The maximum absolute atomic E-state index is 12.4. The highest BCUT2D eigenvalue weighted by Gasteiger charge is 2.19. The third-order valence-electron chi connectivity index (χ3n) is 3.84. The first kappa shape index (κ1) is 19.6. The molecule has 25 heavy (non-hydrogen) atoms. The Balaban J connectivity index is 1.96. The second kappa shape index (κ2) is 9.09. The predicted molar refractivity (Wildman–Crippen MR) is 102 cm³/mol. The first-order valence-corrected chi connectivity index (χ1v) is 8.75. The van der Waals surface area contributed by atoms with E-state index in [1.54, 1.807) is 25.1 Å². The van der Waals surface area contributed by atoms with Gasteiger partial charge in [-0.15, -0.1) is 0 Å². The number of ether oxygens (including phenoxy) is 1. The Morgan fingerprint density at radius 2 is 1.84 bits per heavy atom. The zero-order valence-electron chi connectivity index (χ0n) is 14.5. The number of hydrogen-bond donors (Lipinski definition) is 1. The molecule has 1 amide bonds. The molecule has 0 aliphatic carbocycles. The monoisotopic (exact) mass is 380 g/mol. The van der Waals surface area contributed by atoms with Gasteiger partial charge in [0.25, 0.3) is 5.91 Å². The van der Waals surface area contributed by atoms with Crippen LogP contribution in [0.5, 0.6) is 5.75 Å². The van der Waals surface area contributed by atoms with E-state index in [-0.39, 0.29) is 11.9 Å². The van der Waals surface area contributed by atoms with Crippen LogP contribution in [0.15, 0.2) is 48.5 Å². The highest BCUT2D eigenvalue weighted by molar-refractivity contribution is 6.35. The summed E-state index contributed by atoms with van der Waals surface area (Å²) < 4.78 is 5.64. The average molecular weight is 381 g/mol. The van der Waals surface area contributed by atoms with Crippen molar-refractivity contribution in [2.24, 2.45) is 0 Å². The van der Waals surface area contributed by atoms with Gasteiger partial charge in [-0.3, -0.25) is 4.79 Å².